The van der Waals surface area contributed by atoms with E-state index in [1.807, 2.05) is 36.0 Å². The molecule has 0 unspecified atom stereocenters. The molecule has 4 heteroatoms. The minimum atomic E-state index is -0.331. The summed E-state index contributed by atoms with van der Waals surface area (Å²) in [5.41, 5.74) is 3.37. The molecule has 0 bridgehead atoms. The molecular weight excluding hydrogens is 406 g/mol. The van der Waals surface area contributed by atoms with Crippen molar-refractivity contribution in [2.45, 2.75) is 45.4 Å². The third-order valence-corrected chi connectivity index (χ3v) is 7.96. The number of hydrogen-bond acceptors (Lipinski definition) is 3. The van der Waals surface area contributed by atoms with Crippen molar-refractivity contribution >= 4 is 29.4 Å². The molecule has 1 fully saturated rings. The van der Waals surface area contributed by atoms with Crippen LogP contribution in [-0.4, -0.2) is 11.7 Å². The number of thioether (sulfide) groups is 2. The molecule has 1 aliphatic heterocycles. The lowest BCUT2D eigenvalue weighted by Gasteiger charge is -2.19. The van der Waals surface area contributed by atoms with Crippen molar-refractivity contribution in [1.82, 2.24) is 5.32 Å². The van der Waals surface area contributed by atoms with Gasteiger partial charge in [-0.25, -0.2) is 0 Å². The first-order valence-corrected chi connectivity index (χ1v) is 12.3. The average molecular weight is 440 g/mol. The van der Waals surface area contributed by atoms with E-state index in [-0.39, 0.29) is 12.7 Å². The van der Waals surface area contributed by atoms with Gasteiger partial charge in [0.05, 0.1) is 10.4 Å². The van der Waals surface area contributed by atoms with Gasteiger partial charge in [0.2, 0.25) is 5.91 Å². The Morgan fingerprint density at radius 1 is 1.27 bits per heavy atom. The molecule has 2 aliphatic rings. The monoisotopic (exact) mass is 439 g/mol. The van der Waals surface area contributed by atoms with Crippen LogP contribution in [0.5, 0.6) is 0 Å². The van der Waals surface area contributed by atoms with Crippen molar-refractivity contribution in [3.63, 3.8) is 0 Å². The van der Waals surface area contributed by atoms with Crippen molar-refractivity contribution in [3.8, 4) is 0 Å². The standard InChI is InChI=1S/C26H31NOS2.H2/c1-5-21(19(2)3)15-14-20(4)18-29-24-13-9-12-23(30-24)27-25(28)26(16-17-26)22-10-7-6-8-11-22;/h5-8,10-15,19H,1,9,16-18H2,2-4H3,(H,27,28);1H/b20-14+,21-15+;. The van der Waals surface area contributed by atoms with Gasteiger partial charge < -0.3 is 5.32 Å². The zero-order valence-corrected chi connectivity index (χ0v) is 19.7. The highest BCUT2D eigenvalue weighted by atomic mass is 32.2. The van der Waals surface area contributed by atoms with Gasteiger partial charge >= 0.3 is 0 Å². The van der Waals surface area contributed by atoms with Crippen LogP contribution in [0, 0.1) is 5.92 Å². The third-order valence-electron chi connectivity index (χ3n) is 5.45. The van der Waals surface area contributed by atoms with Crippen molar-refractivity contribution in [3.05, 3.63) is 93.3 Å². The van der Waals surface area contributed by atoms with Crippen molar-refractivity contribution < 1.29 is 6.22 Å². The van der Waals surface area contributed by atoms with Gasteiger partial charge in [-0.1, -0.05) is 92.4 Å². The maximum atomic E-state index is 13.0. The van der Waals surface area contributed by atoms with Gasteiger partial charge in [-0.15, -0.1) is 11.8 Å². The number of rotatable bonds is 9. The van der Waals surface area contributed by atoms with Crippen LogP contribution in [0.1, 0.15) is 47.0 Å². The molecule has 0 radical (unpaired) electrons. The van der Waals surface area contributed by atoms with E-state index in [9.17, 15) is 4.79 Å². The maximum absolute atomic E-state index is 13.0. The predicted molar refractivity (Wildman–Crippen MR) is 135 cm³/mol. The highest BCUT2D eigenvalue weighted by molar-refractivity contribution is 8.24. The number of hydrogen-bond donors (Lipinski definition) is 1. The zero-order chi connectivity index (χ0) is 21.6. The van der Waals surface area contributed by atoms with E-state index >= 15 is 0 Å². The average Bonchev–Trinajstić information content (AvgIpc) is 3.56. The van der Waals surface area contributed by atoms with Crippen LogP contribution >= 0.6 is 23.5 Å². The summed E-state index contributed by atoms with van der Waals surface area (Å²) >= 11 is 3.50. The molecule has 1 aromatic rings. The maximum Gasteiger partial charge on any atom is 0.235 e. The lowest BCUT2D eigenvalue weighted by molar-refractivity contribution is -0.122. The largest absolute Gasteiger partial charge is 0.320 e. The Labute approximate surface area is 191 Å². The van der Waals surface area contributed by atoms with Gasteiger partial charge in [0, 0.05) is 11.4 Å². The van der Waals surface area contributed by atoms with Crippen LogP contribution < -0.4 is 5.32 Å². The fourth-order valence-electron chi connectivity index (χ4n) is 3.35. The summed E-state index contributed by atoms with van der Waals surface area (Å²) in [5.74, 6) is 1.55. The molecular formula is C26H33NOS2. The summed E-state index contributed by atoms with van der Waals surface area (Å²) in [6.45, 7) is 10.4. The minimum Gasteiger partial charge on any atom is -0.320 e. The number of carbonyl (C=O) groups excluding carboxylic acids is 1. The summed E-state index contributed by atoms with van der Waals surface area (Å²) < 4.78 is 1.25. The second-order valence-electron chi connectivity index (χ2n) is 8.16. The van der Waals surface area contributed by atoms with Gasteiger partial charge in [-0.3, -0.25) is 4.79 Å². The van der Waals surface area contributed by atoms with Gasteiger partial charge in [0.15, 0.2) is 0 Å². The van der Waals surface area contributed by atoms with Gasteiger partial charge in [0.1, 0.15) is 0 Å². The van der Waals surface area contributed by atoms with Crippen molar-refractivity contribution in [2.75, 3.05) is 5.75 Å². The number of allylic oxidation sites excluding steroid dienone is 6. The van der Waals surface area contributed by atoms with Crippen LogP contribution in [0.4, 0.5) is 0 Å². The number of benzene rings is 1. The van der Waals surface area contributed by atoms with Crippen LogP contribution in [0.25, 0.3) is 0 Å². The molecule has 1 amide bonds. The summed E-state index contributed by atoms with van der Waals surface area (Å²) in [7, 11) is 0. The van der Waals surface area contributed by atoms with E-state index in [0.29, 0.717) is 5.92 Å². The van der Waals surface area contributed by atoms with Gasteiger partial charge in [0.25, 0.3) is 0 Å². The van der Waals surface area contributed by atoms with Crippen molar-refractivity contribution in [1.29, 1.82) is 0 Å². The van der Waals surface area contributed by atoms with E-state index in [2.05, 4.69) is 69.1 Å². The molecule has 0 aromatic heterocycles. The Hall–Kier alpha value is -1.91. The van der Waals surface area contributed by atoms with Crippen LogP contribution in [-0.2, 0) is 10.2 Å². The van der Waals surface area contributed by atoms with E-state index in [1.54, 1.807) is 11.8 Å². The molecule has 1 N–H and O–H groups in total. The molecule has 1 saturated carbocycles. The first kappa shape index (κ1) is 22.8. The lowest BCUT2D eigenvalue weighted by atomic mass is 9.95. The second kappa shape index (κ2) is 10.4. The first-order valence-electron chi connectivity index (χ1n) is 10.5. The molecule has 0 spiro atoms. The summed E-state index contributed by atoms with van der Waals surface area (Å²) in [6, 6.07) is 10.2. The number of amides is 1. The SMILES string of the molecule is C=C/C(=C\C=C(/C)CSC1=CCC=C(NC(=O)C2(c3ccccc3)CC2)S1)C(C)C.[HH]. The third kappa shape index (κ3) is 5.83. The Kier molecular flexibility index (Phi) is 7.90. The molecule has 160 valence electrons. The lowest BCUT2D eigenvalue weighted by Crippen LogP contribution is -2.33. The first-order chi connectivity index (χ1) is 14.4. The highest BCUT2D eigenvalue weighted by Gasteiger charge is 2.51. The zero-order valence-electron chi connectivity index (χ0n) is 18.1. The Bertz CT molecular complexity index is 909. The quantitative estimate of drug-likeness (QED) is 0.408. The Balaban J connectivity index is 0.00000341. The van der Waals surface area contributed by atoms with Crippen LogP contribution in [0.2, 0.25) is 0 Å². The Morgan fingerprint density at radius 3 is 2.63 bits per heavy atom. The molecule has 0 saturated heterocycles. The summed E-state index contributed by atoms with van der Waals surface area (Å²) in [6.07, 6.45) is 13.4. The summed E-state index contributed by atoms with van der Waals surface area (Å²) in [5, 5.41) is 4.15. The number of nitrogens with one attached hydrogen (secondary N) is 1. The van der Waals surface area contributed by atoms with Crippen LogP contribution in [0.3, 0.4) is 0 Å². The molecule has 1 aromatic carbocycles. The predicted octanol–water partition coefficient (Wildman–Crippen LogP) is 7.35. The molecule has 1 aliphatic carbocycles. The highest BCUT2D eigenvalue weighted by Crippen LogP contribution is 2.49. The molecule has 30 heavy (non-hydrogen) atoms. The Morgan fingerprint density at radius 2 is 2.00 bits per heavy atom. The molecule has 3 rings (SSSR count). The van der Waals surface area contributed by atoms with Gasteiger partial charge in [-0.2, -0.15) is 0 Å². The van der Waals surface area contributed by atoms with Gasteiger partial charge in [-0.05, 0) is 49.3 Å². The molecule has 1 heterocycles. The minimum absolute atomic E-state index is 0. The normalized spacial score (nSPS) is 18.5. The van der Waals surface area contributed by atoms with Crippen LogP contribution in [0.15, 0.2) is 87.7 Å². The van der Waals surface area contributed by atoms with E-state index in [1.165, 1.54) is 15.4 Å². The van der Waals surface area contributed by atoms with E-state index in [4.69, 9.17) is 0 Å². The topological polar surface area (TPSA) is 29.1 Å². The molecule has 0 atom stereocenters. The summed E-state index contributed by atoms with van der Waals surface area (Å²) in [4.78, 5) is 13.0. The van der Waals surface area contributed by atoms with E-state index < -0.39 is 0 Å². The second-order valence-corrected chi connectivity index (χ2v) is 10.5. The van der Waals surface area contributed by atoms with Crippen molar-refractivity contribution in [2.24, 2.45) is 5.92 Å². The number of carbonyl (C=O) groups is 1. The smallest absolute Gasteiger partial charge is 0.235 e. The fraction of sp³-hybridized carbons (Fsp3) is 0.346. The fourth-order valence-corrected chi connectivity index (χ4v) is 5.43. The van der Waals surface area contributed by atoms with E-state index in [0.717, 1.165) is 35.6 Å². The molecule has 2 nitrogen and oxygen atoms in total.